The van der Waals surface area contributed by atoms with E-state index in [2.05, 4.69) is 10.2 Å². The third kappa shape index (κ3) is 2.88. The van der Waals surface area contributed by atoms with E-state index in [9.17, 15) is 0 Å². The van der Waals surface area contributed by atoms with Gasteiger partial charge in [0.05, 0.1) is 0 Å². The highest BCUT2D eigenvalue weighted by atomic mass is 35.5. The Balaban J connectivity index is 1.51. The van der Waals surface area contributed by atoms with Crippen LogP contribution >= 0.6 is 23.4 Å². The van der Waals surface area contributed by atoms with Gasteiger partial charge in [0.1, 0.15) is 0 Å². The molecule has 24 heavy (non-hydrogen) atoms. The van der Waals surface area contributed by atoms with E-state index in [1.165, 1.54) is 16.4 Å². The van der Waals surface area contributed by atoms with Gasteiger partial charge in [-0.05, 0) is 29.8 Å². The molecule has 0 fully saturated rings. The lowest BCUT2D eigenvalue weighted by Crippen LogP contribution is -2.11. The van der Waals surface area contributed by atoms with E-state index >= 15 is 0 Å². The minimum absolute atomic E-state index is 0.270. The van der Waals surface area contributed by atoms with Gasteiger partial charge in [-0.1, -0.05) is 41.6 Å². The summed E-state index contributed by atoms with van der Waals surface area (Å²) < 4.78 is 12.2. The predicted octanol–water partition coefficient (Wildman–Crippen LogP) is 3.33. The highest BCUT2D eigenvalue weighted by Gasteiger charge is 2.15. The van der Waals surface area contributed by atoms with Gasteiger partial charge in [-0.25, -0.2) is 4.68 Å². The Morgan fingerprint density at radius 2 is 2.00 bits per heavy atom. The molecule has 122 valence electrons. The fraction of sp³-hybridized carbons (Fsp3) is 0.125. The van der Waals surface area contributed by atoms with Crippen LogP contribution in [0.15, 0.2) is 47.6 Å². The highest BCUT2D eigenvalue weighted by Crippen LogP contribution is 2.34. The van der Waals surface area contributed by atoms with E-state index in [0.717, 1.165) is 22.6 Å². The van der Waals surface area contributed by atoms with Gasteiger partial charge in [0, 0.05) is 16.3 Å². The predicted molar refractivity (Wildman–Crippen MR) is 92.7 cm³/mol. The molecule has 2 heterocycles. The molecule has 0 saturated carbocycles. The normalized spacial score (nSPS) is 12.5. The van der Waals surface area contributed by atoms with E-state index < -0.39 is 0 Å². The van der Waals surface area contributed by atoms with Gasteiger partial charge in [0.25, 0.3) is 0 Å². The third-order valence-corrected chi connectivity index (χ3v) is 4.80. The number of aromatic nitrogens is 3. The van der Waals surface area contributed by atoms with Gasteiger partial charge >= 0.3 is 0 Å². The maximum absolute atomic E-state index is 6.12. The summed E-state index contributed by atoms with van der Waals surface area (Å²) in [5.74, 6) is 8.93. The summed E-state index contributed by atoms with van der Waals surface area (Å²) in [7, 11) is 0. The van der Waals surface area contributed by atoms with Crippen molar-refractivity contribution in [2.24, 2.45) is 0 Å². The summed E-state index contributed by atoms with van der Waals surface area (Å²) >= 11 is 7.52. The molecule has 0 unspecified atom stereocenters. The number of ether oxygens (including phenoxy) is 2. The van der Waals surface area contributed by atoms with Gasteiger partial charge in [-0.2, -0.15) is 0 Å². The number of rotatable bonds is 4. The summed E-state index contributed by atoms with van der Waals surface area (Å²) in [5.41, 5.74) is 1.92. The second kappa shape index (κ2) is 6.26. The van der Waals surface area contributed by atoms with Crippen LogP contribution in [-0.4, -0.2) is 21.7 Å². The monoisotopic (exact) mass is 360 g/mol. The smallest absolute Gasteiger partial charge is 0.231 e. The van der Waals surface area contributed by atoms with Crippen molar-refractivity contribution >= 4 is 23.4 Å². The molecular formula is C16H13ClN4O2S. The van der Waals surface area contributed by atoms with Crippen molar-refractivity contribution < 1.29 is 9.47 Å². The number of halogens is 1. The molecule has 0 bridgehead atoms. The Bertz CT molecular complexity index is 900. The molecule has 0 aliphatic carbocycles. The van der Waals surface area contributed by atoms with Gasteiger partial charge in [-0.3, -0.25) is 0 Å². The summed E-state index contributed by atoms with van der Waals surface area (Å²) in [5, 5.41) is 9.58. The van der Waals surface area contributed by atoms with Crippen LogP contribution in [-0.2, 0) is 5.75 Å². The number of thioether (sulfide) groups is 1. The molecule has 3 aromatic rings. The van der Waals surface area contributed by atoms with Crippen molar-refractivity contribution in [3.05, 3.63) is 53.1 Å². The first-order valence-corrected chi connectivity index (χ1v) is 8.55. The molecule has 1 aliphatic heterocycles. The molecule has 6 nitrogen and oxygen atoms in total. The Morgan fingerprint density at radius 3 is 2.88 bits per heavy atom. The van der Waals surface area contributed by atoms with E-state index in [0.29, 0.717) is 21.8 Å². The van der Waals surface area contributed by atoms with E-state index in [1.807, 2.05) is 30.3 Å². The molecule has 4 rings (SSSR count). The minimum Gasteiger partial charge on any atom is -0.454 e. The maximum Gasteiger partial charge on any atom is 0.231 e. The van der Waals surface area contributed by atoms with Crippen LogP contribution in [0.3, 0.4) is 0 Å². The zero-order valence-corrected chi connectivity index (χ0v) is 14.0. The Morgan fingerprint density at radius 1 is 1.12 bits per heavy atom. The first-order chi connectivity index (χ1) is 11.7. The maximum atomic E-state index is 6.12. The Labute approximate surface area is 147 Å². The topological polar surface area (TPSA) is 75.2 Å². The van der Waals surface area contributed by atoms with Crippen molar-refractivity contribution in [3.63, 3.8) is 0 Å². The van der Waals surface area contributed by atoms with Gasteiger partial charge in [0.2, 0.25) is 11.9 Å². The summed E-state index contributed by atoms with van der Waals surface area (Å²) in [4.78, 5) is 0. The zero-order valence-electron chi connectivity index (χ0n) is 12.5. The first kappa shape index (κ1) is 15.2. The van der Waals surface area contributed by atoms with Crippen molar-refractivity contribution in [2.45, 2.75) is 10.9 Å². The number of benzene rings is 2. The van der Waals surface area contributed by atoms with Crippen LogP contribution in [0.2, 0.25) is 5.02 Å². The second-order valence-corrected chi connectivity index (χ2v) is 6.54. The van der Waals surface area contributed by atoms with Crippen molar-refractivity contribution in [1.29, 1.82) is 0 Å². The lowest BCUT2D eigenvalue weighted by atomic mass is 10.2. The number of hydrogen-bond donors (Lipinski definition) is 1. The fourth-order valence-corrected chi connectivity index (χ4v) is 3.37. The van der Waals surface area contributed by atoms with E-state index in [-0.39, 0.29) is 6.79 Å². The first-order valence-electron chi connectivity index (χ1n) is 7.18. The van der Waals surface area contributed by atoms with Crippen LogP contribution in [0, 0.1) is 0 Å². The average Bonchev–Trinajstić information content (AvgIpc) is 3.19. The number of fused-ring (bicyclic) bond motifs is 1. The largest absolute Gasteiger partial charge is 0.454 e. The van der Waals surface area contributed by atoms with Crippen LogP contribution in [0.25, 0.3) is 11.4 Å². The van der Waals surface area contributed by atoms with Gasteiger partial charge < -0.3 is 15.3 Å². The lowest BCUT2D eigenvalue weighted by molar-refractivity contribution is 0.174. The third-order valence-electron chi connectivity index (χ3n) is 3.55. The number of nitrogens with zero attached hydrogens (tertiary/aromatic N) is 3. The molecule has 0 atom stereocenters. The SMILES string of the molecule is Nn1c(SCc2ccc3c(c2)OCO3)nnc1-c1cccc(Cl)c1. The summed E-state index contributed by atoms with van der Waals surface area (Å²) in [6.45, 7) is 0.270. The molecule has 2 aromatic carbocycles. The molecule has 2 N–H and O–H groups in total. The van der Waals surface area contributed by atoms with Gasteiger partial charge in [-0.15, -0.1) is 10.2 Å². The van der Waals surface area contributed by atoms with Crippen LogP contribution in [0.5, 0.6) is 11.5 Å². The number of hydrogen-bond acceptors (Lipinski definition) is 6. The van der Waals surface area contributed by atoms with Crippen LogP contribution in [0.1, 0.15) is 5.56 Å². The standard InChI is InChI=1S/C16H13ClN4O2S/c17-12-3-1-2-11(7-12)15-19-20-16(21(15)18)24-8-10-4-5-13-14(6-10)23-9-22-13/h1-7H,8-9,18H2. The molecular weight excluding hydrogens is 348 g/mol. The van der Waals surface area contributed by atoms with Crippen molar-refractivity contribution in [3.8, 4) is 22.9 Å². The number of nitrogen functional groups attached to an aromatic ring is 1. The van der Waals surface area contributed by atoms with Crippen molar-refractivity contribution in [1.82, 2.24) is 14.9 Å². The van der Waals surface area contributed by atoms with E-state index in [1.54, 1.807) is 12.1 Å². The summed E-state index contributed by atoms with van der Waals surface area (Å²) in [6.07, 6.45) is 0. The molecule has 1 aromatic heterocycles. The van der Waals surface area contributed by atoms with Crippen LogP contribution in [0.4, 0.5) is 0 Å². The quantitative estimate of drug-likeness (QED) is 0.568. The number of nitrogens with two attached hydrogens (primary N) is 1. The van der Waals surface area contributed by atoms with Crippen molar-refractivity contribution in [2.75, 3.05) is 12.6 Å². The Kier molecular flexibility index (Phi) is 3.95. The molecule has 0 saturated heterocycles. The molecule has 8 heteroatoms. The second-order valence-electron chi connectivity index (χ2n) is 5.16. The minimum atomic E-state index is 0.270. The molecule has 0 spiro atoms. The molecule has 0 amide bonds. The van der Waals surface area contributed by atoms with Crippen LogP contribution < -0.4 is 15.3 Å². The lowest BCUT2D eigenvalue weighted by Gasteiger charge is -2.05. The van der Waals surface area contributed by atoms with Gasteiger partial charge in [0.15, 0.2) is 17.3 Å². The Hall–Kier alpha value is -2.38. The zero-order chi connectivity index (χ0) is 16.5. The average molecular weight is 361 g/mol. The highest BCUT2D eigenvalue weighted by molar-refractivity contribution is 7.98. The van der Waals surface area contributed by atoms with E-state index in [4.69, 9.17) is 26.9 Å². The fourth-order valence-electron chi connectivity index (χ4n) is 2.38. The summed E-state index contributed by atoms with van der Waals surface area (Å²) in [6, 6.07) is 13.2. The molecule has 0 radical (unpaired) electrons. The molecule has 1 aliphatic rings.